The standard InChI is InChI=1S/C15H11BrN2O2S/c1-20-13-11(14(19)18-15-17-6-7-21-15)8-9-4-2-3-5-10(9)12(13)16/h2-8H,1H3,(H,17,18,19). The summed E-state index contributed by atoms with van der Waals surface area (Å²) in [5.74, 6) is 0.274. The number of hydrogen-bond donors (Lipinski definition) is 1. The van der Waals surface area contributed by atoms with E-state index in [0.29, 0.717) is 16.4 Å². The van der Waals surface area contributed by atoms with Crippen LogP contribution >= 0.6 is 27.3 Å². The third kappa shape index (κ3) is 2.64. The van der Waals surface area contributed by atoms with Crippen LogP contribution in [-0.2, 0) is 0 Å². The minimum Gasteiger partial charge on any atom is -0.495 e. The van der Waals surface area contributed by atoms with Gasteiger partial charge >= 0.3 is 0 Å². The number of fused-ring (bicyclic) bond motifs is 1. The van der Waals surface area contributed by atoms with Crippen LogP contribution in [-0.4, -0.2) is 18.0 Å². The molecule has 4 nitrogen and oxygen atoms in total. The average Bonchev–Trinajstić information content (AvgIpc) is 3.00. The number of benzene rings is 2. The number of carbonyl (C=O) groups excluding carboxylic acids is 1. The van der Waals surface area contributed by atoms with E-state index in [1.54, 1.807) is 13.3 Å². The lowest BCUT2D eigenvalue weighted by atomic mass is 10.1. The summed E-state index contributed by atoms with van der Waals surface area (Å²) in [5.41, 5.74) is 0.471. The van der Waals surface area contributed by atoms with E-state index in [1.807, 2.05) is 35.7 Å². The first-order valence-electron chi connectivity index (χ1n) is 6.17. The second kappa shape index (κ2) is 5.83. The van der Waals surface area contributed by atoms with Crippen molar-refractivity contribution in [3.8, 4) is 5.75 Å². The van der Waals surface area contributed by atoms with Crippen molar-refractivity contribution >= 4 is 49.1 Å². The molecule has 6 heteroatoms. The topological polar surface area (TPSA) is 51.2 Å². The lowest BCUT2D eigenvalue weighted by Crippen LogP contribution is -2.13. The van der Waals surface area contributed by atoms with E-state index in [4.69, 9.17) is 4.74 Å². The van der Waals surface area contributed by atoms with Gasteiger partial charge in [-0.2, -0.15) is 0 Å². The summed E-state index contributed by atoms with van der Waals surface area (Å²) in [6.07, 6.45) is 1.65. The molecule has 1 heterocycles. The van der Waals surface area contributed by atoms with E-state index in [2.05, 4.69) is 26.2 Å². The Morgan fingerprint density at radius 2 is 2.19 bits per heavy atom. The second-order valence-corrected chi connectivity index (χ2v) is 5.97. The number of ether oxygens (including phenoxy) is 1. The second-order valence-electron chi connectivity index (χ2n) is 4.28. The molecule has 106 valence electrons. The van der Waals surface area contributed by atoms with Gasteiger partial charge in [0.05, 0.1) is 17.1 Å². The zero-order valence-electron chi connectivity index (χ0n) is 11.1. The number of amides is 1. The highest BCUT2D eigenvalue weighted by molar-refractivity contribution is 9.10. The molecule has 0 aliphatic heterocycles. The predicted molar refractivity (Wildman–Crippen MR) is 88.3 cm³/mol. The first-order chi connectivity index (χ1) is 10.2. The number of halogens is 1. The number of rotatable bonds is 3. The summed E-state index contributed by atoms with van der Waals surface area (Å²) < 4.78 is 6.17. The van der Waals surface area contributed by atoms with Gasteiger partial charge in [-0.05, 0) is 32.8 Å². The molecule has 0 atom stereocenters. The first kappa shape index (κ1) is 14.0. The van der Waals surface area contributed by atoms with Crippen molar-refractivity contribution in [2.24, 2.45) is 0 Å². The Hall–Kier alpha value is -1.92. The van der Waals surface area contributed by atoms with Crippen LogP contribution in [0.5, 0.6) is 5.75 Å². The monoisotopic (exact) mass is 362 g/mol. The van der Waals surface area contributed by atoms with Crippen LogP contribution in [0.15, 0.2) is 46.4 Å². The fourth-order valence-electron chi connectivity index (χ4n) is 2.10. The SMILES string of the molecule is COc1c(C(=O)Nc2nccs2)cc2ccccc2c1Br. The first-order valence-corrected chi connectivity index (χ1v) is 7.84. The lowest BCUT2D eigenvalue weighted by molar-refractivity contribution is 0.102. The fraction of sp³-hybridized carbons (Fsp3) is 0.0667. The van der Waals surface area contributed by atoms with Gasteiger partial charge in [0.2, 0.25) is 0 Å². The van der Waals surface area contributed by atoms with Gasteiger partial charge in [-0.15, -0.1) is 11.3 Å². The largest absolute Gasteiger partial charge is 0.495 e. The van der Waals surface area contributed by atoms with Crippen molar-refractivity contribution in [2.75, 3.05) is 12.4 Å². The van der Waals surface area contributed by atoms with Crippen molar-refractivity contribution in [3.63, 3.8) is 0 Å². The molecule has 3 rings (SSSR count). The van der Waals surface area contributed by atoms with Gasteiger partial charge in [0, 0.05) is 11.6 Å². The molecule has 2 aromatic carbocycles. The molecular formula is C15H11BrN2O2S. The third-order valence-electron chi connectivity index (χ3n) is 3.04. The number of thiazole rings is 1. The van der Waals surface area contributed by atoms with E-state index in [9.17, 15) is 4.79 Å². The van der Waals surface area contributed by atoms with Crippen LogP contribution in [0.2, 0.25) is 0 Å². The molecule has 1 aromatic heterocycles. The minimum absolute atomic E-state index is 0.242. The number of anilines is 1. The highest BCUT2D eigenvalue weighted by Crippen LogP contribution is 2.36. The minimum atomic E-state index is -0.242. The normalized spacial score (nSPS) is 10.6. The van der Waals surface area contributed by atoms with Gasteiger partial charge in [0.15, 0.2) is 5.13 Å². The van der Waals surface area contributed by atoms with Gasteiger partial charge in [-0.25, -0.2) is 4.98 Å². The maximum Gasteiger partial charge on any atom is 0.261 e. The number of methoxy groups -OCH3 is 1. The van der Waals surface area contributed by atoms with Crippen molar-refractivity contribution < 1.29 is 9.53 Å². The molecular weight excluding hydrogens is 352 g/mol. The molecule has 0 unspecified atom stereocenters. The number of carbonyl (C=O) groups is 1. The van der Waals surface area contributed by atoms with Gasteiger partial charge in [0.25, 0.3) is 5.91 Å². The molecule has 1 N–H and O–H groups in total. The molecule has 0 aliphatic rings. The summed E-state index contributed by atoms with van der Waals surface area (Å²) in [5, 5.41) is 7.11. The predicted octanol–water partition coefficient (Wildman–Crippen LogP) is 4.32. The van der Waals surface area contributed by atoms with Crippen LogP contribution < -0.4 is 10.1 Å². The van der Waals surface area contributed by atoms with E-state index in [0.717, 1.165) is 15.2 Å². The van der Waals surface area contributed by atoms with Crippen LogP contribution in [0.1, 0.15) is 10.4 Å². The van der Waals surface area contributed by atoms with Crippen LogP contribution in [0.25, 0.3) is 10.8 Å². The zero-order chi connectivity index (χ0) is 14.8. The third-order valence-corrected chi connectivity index (χ3v) is 4.52. The van der Waals surface area contributed by atoms with Crippen molar-refractivity contribution in [1.29, 1.82) is 0 Å². The molecule has 0 radical (unpaired) electrons. The van der Waals surface area contributed by atoms with Gasteiger partial charge in [-0.3, -0.25) is 10.1 Å². The molecule has 0 bridgehead atoms. The molecule has 0 aliphatic carbocycles. The van der Waals surface area contributed by atoms with E-state index >= 15 is 0 Å². The molecule has 1 amide bonds. The van der Waals surface area contributed by atoms with Crippen molar-refractivity contribution in [1.82, 2.24) is 4.98 Å². The summed E-state index contributed by atoms with van der Waals surface area (Å²) >= 11 is 4.89. The Morgan fingerprint density at radius 3 is 2.90 bits per heavy atom. The highest BCUT2D eigenvalue weighted by Gasteiger charge is 2.18. The van der Waals surface area contributed by atoms with Crippen molar-refractivity contribution in [2.45, 2.75) is 0 Å². The Morgan fingerprint density at radius 1 is 1.38 bits per heavy atom. The molecule has 3 aromatic rings. The lowest BCUT2D eigenvalue weighted by Gasteiger charge is -2.12. The number of nitrogens with zero attached hydrogens (tertiary/aromatic N) is 1. The number of hydrogen-bond acceptors (Lipinski definition) is 4. The summed E-state index contributed by atoms with van der Waals surface area (Å²) in [7, 11) is 1.55. The molecule has 0 saturated heterocycles. The molecule has 0 saturated carbocycles. The van der Waals surface area contributed by atoms with Crippen LogP contribution in [0, 0.1) is 0 Å². The molecule has 21 heavy (non-hydrogen) atoms. The average molecular weight is 363 g/mol. The summed E-state index contributed by atoms with van der Waals surface area (Å²) in [4.78, 5) is 16.5. The fourth-order valence-corrected chi connectivity index (χ4v) is 3.36. The highest BCUT2D eigenvalue weighted by atomic mass is 79.9. The molecule has 0 fully saturated rings. The smallest absolute Gasteiger partial charge is 0.261 e. The van der Waals surface area contributed by atoms with E-state index in [-0.39, 0.29) is 5.91 Å². The quantitative estimate of drug-likeness (QED) is 0.754. The van der Waals surface area contributed by atoms with Crippen LogP contribution in [0.4, 0.5) is 5.13 Å². The molecule has 0 spiro atoms. The van der Waals surface area contributed by atoms with E-state index in [1.165, 1.54) is 11.3 Å². The van der Waals surface area contributed by atoms with Gasteiger partial charge < -0.3 is 4.74 Å². The Bertz CT molecular complexity index is 803. The maximum atomic E-state index is 12.4. The Balaban J connectivity index is 2.10. The Kier molecular flexibility index (Phi) is 3.90. The van der Waals surface area contributed by atoms with Crippen molar-refractivity contribution in [3.05, 3.63) is 51.9 Å². The van der Waals surface area contributed by atoms with Gasteiger partial charge in [0.1, 0.15) is 5.75 Å². The van der Waals surface area contributed by atoms with E-state index < -0.39 is 0 Å². The summed E-state index contributed by atoms with van der Waals surface area (Å²) in [6, 6.07) is 9.64. The Labute approximate surface area is 133 Å². The summed E-state index contributed by atoms with van der Waals surface area (Å²) in [6.45, 7) is 0. The zero-order valence-corrected chi connectivity index (χ0v) is 13.5. The maximum absolute atomic E-state index is 12.4. The van der Waals surface area contributed by atoms with Crippen LogP contribution in [0.3, 0.4) is 0 Å². The number of aromatic nitrogens is 1. The van der Waals surface area contributed by atoms with Gasteiger partial charge in [-0.1, -0.05) is 24.3 Å². The number of nitrogens with one attached hydrogen (secondary N) is 1.